The molecule has 1 aromatic carbocycles. The number of amides is 3. The van der Waals surface area contributed by atoms with E-state index in [-0.39, 0.29) is 12.6 Å². The Morgan fingerprint density at radius 2 is 1.78 bits per heavy atom. The van der Waals surface area contributed by atoms with Gasteiger partial charge in [-0.25, -0.2) is 4.79 Å². The van der Waals surface area contributed by atoms with Crippen LogP contribution >= 0.6 is 0 Å². The summed E-state index contributed by atoms with van der Waals surface area (Å²) in [5.74, 6) is 0.638. The summed E-state index contributed by atoms with van der Waals surface area (Å²) in [5, 5.41) is 5.15. The first kappa shape index (κ1) is 17.3. The molecule has 0 spiro atoms. The van der Waals surface area contributed by atoms with E-state index in [0.717, 1.165) is 25.7 Å². The lowest BCUT2D eigenvalue weighted by Gasteiger charge is -2.22. The van der Waals surface area contributed by atoms with Gasteiger partial charge < -0.3 is 10.1 Å². The number of nitrogens with one attached hydrogen (secondary N) is 2. The zero-order valence-corrected chi connectivity index (χ0v) is 13.9. The quantitative estimate of drug-likeness (QED) is 0.875. The van der Waals surface area contributed by atoms with Gasteiger partial charge in [0.25, 0.3) is 5.91 Å². The van der Waals surface area contributed by atoms with Crippen molar-refractivity contribution in [2.24, 2.45) is 0 Å². The minimum atomic E-state index is -0.439. The number of rotatable bonds is 5. The van der Waals surface area contributed by atoms with Crippen molar-refractivity contribution in [3.8, 4) is 5.75 Å². The molecule has 2 rings (SSSR count). The van der Waals surface area contributed by atoms with Crippen molar-refractivity contribution in [2.45, 2.75) is 57.9 Å². The van der Waals surface area contributed by atoms with Gasteiger partial charge >= 0.3 is 6.03 Å². The molecule has 1 aliphatic carbocycles. The second-order valence-electron chi connectivity index (χ2n) is 6.37. The first-order chi connectivity index (χ1) is 11.0. The van der Waals surface area contributed by atoms with E-state index >= 15 is 0 Å². The summed E-state index contributed by atoms with van der Waals surface area (Å²) >= 11 is 0. The zero-order valence-electron chi connectivity index (χ0n) is 13.9. The minimum absolute atomic E-state index is 0.168. The van der Waals surface area contributed by atoms with Crippen LogP contribution in [0.4, 0.5) is 4.79 Å². The lowest BCUT2D eigenvalue weighted by Crippen LogP contribution is -2.46. The van der Waals surface area contributed by atoms with Gasteiger partial charge in [0.15, 0.2) is 6.61 Å². The van der Waals surface area contributed by atoms with E-state index in [0.29, 0.717) is 11.7 Å². The highest BCUT2D eigenvalue weighted by molar-refractivity contribution is 5.95. The Morgan fingerprint density at radius 1 is 1.13 bits per heavy atom. The third kappa shape index (κ3) is 5.93. The van der Waals surface area contributed by atoms with Crippen LogP contribution in [-0.2, 0) is 4.79 Å². The number of hydrogen-bond acceptors (Lipinski definition) is 3. The van der Waals surface area contributed by atoms with E-state index in [1.165, 1.54) is 12.0 Å². The van der Waals surface area contributed by atoms with Gasteiger partial charge in [-0.2, -0.15) is 0 Å². The van der Waals surface area contributed by atoms with Crippen molar-refractivity contribution < 1.29 is 14.3 Å². The summed E-state index contributed by atoms with van der Waals surface area (Å²) in [6, 6.07) is 7.39. The maximum absolute atomic E-state index is 11.8. The molecular weight excluding hydrogens is 292 g/mol. The fourth-order valence-corrected chi connectivity index (χ4v) is 2.73. The lowest BCUT2D eigenvalue weighted by atomic mass is 9.96. The lowest BCUT2D eigenvalue weighted by molar-refractivity contribution is -0.122. The Balaban J connectivity index is 1.70. The smallest absolute Gasteiger partial charge is 0.321 e. The van der Waals surface area contributed by atoms with Crippen LogP contribution in [0.3, 0.4) is 0 Å². The van der Waals surface area contributed by atoms with Crippen LogP contribution in [0.2, 0.25) is 0 Å². The number of urea groups is 1. The summed E-state index contributed by atoms with van der Waals surface area (Å²) in [6.45, 7) is 4.07. The summed E-state index contributed by atoms with van der Waals surface area (Å²) in [6.07, 6.45) is 5.46. The molecule has 0 unspecified atom stereocenters. The summed E-state index contributed by atoms with van der Waals surface area (Å²) in [5.41, 5.74) is 1.22. The Labute approximate surface area is 137 Å². The highest BCUT2D eigenvalue weighted by atomic mass is 16.5. The van der Waals surface area contributed by atoms with Gasteiger partial charge in [0.1, 0.15) is 5.75 Å². The van der Waals surface area contributed by atoms with Crippen molar-refractivity contribution in [3.05, 3.63) is 29.8 Å². The molecule has 1 aromatic rings. The van der Waals surface area contributed by atoms with E-state index in [9.17, 15) is 9.59 Å². The number of carbonyl (C=O) groups is 2. The molecule has 0 radical (unpaired) electrons. The summed E-state index contributed by atoms with van der Waals surface area (Å²) < 4.78 is 5.40. The van der Waals surface area contributed by atoms with Gasteiger partial charge in [0.2, 0.25) is 0 Å². The molecule has 0 aromatic heterocycles. The topological polar surface area (TPSA) is 67.4 Å². The Hall–Kier alpha value is -2.04. The van der Waals surface area contributed by atoms with Gasteiger partial charge in [0, 0.05) is 6.04 Å². The highest BCUT2D eigenvalue weighted by Crippen LogP contribution is 2.18. The van der Waals surface area contributed by atoms with Crippen LogP contribution in [0.5, 0.6) is 5.75 Å². The maximum atomic E-state index is 11.8. The largest absolute Gasteiger partial charge is 0.484 e. The third-order valence-electron chi connectivity index (χ3n) is 4.11. The average Bonchev–Trinajstić information content (AvgIpc) is 2.54. The molecule has 1 saturated carbocycles. The second-order valence-corrected chi connectivity index (χ2v) is 6.37. The van der Waals surface area contributed by atoms with Gasteiger partial charge in [0.05, 0.1) is 0 Å². The van der Waals surface area contributed by atoms with Gasteiger partial charge in [-0.3, -0.25) is 10.1 Å². The van der Waals surface area contributed by atoms with Crippen LogP contribution in [0, 0.1) is 0 Å². The first-order valence-corrected chi connectivity index (χ1v) is 8.37. The minimum Gasteiger partial charge on any atom is -0.484 e. The maximum Gasteiger partial charge on any atom is 0.321 e. The van der Waals surface area contributed by atoms with Crippen molar-refractivity contribution >= 4 is 11.9 Å². The van der Waals surface area contributed by atoms with E-state index in [1.807, 2.05) is 24.3 Å². The van der Waals surface area contributed by atoms with Crippen molar-refractivity contribution in [1.82, 2.24) is 10.6 Å². The predicted molar refractivity (Wildman–Crippen MR) is 89.6 cm³/mol. The molecule has 1 fully saturated rings. The van der Waals surface area contributed by atoms with Crippen molar-refractivity contribution in [1.29, 1.82) is 0 Å². The van der Waals surface area contributed by atoms with Crippen molar-refractivity contribution in [3.63, 3.8) is 0 Å². The fraction of sp³-hybridized carbons (Fsp3) is 0.556. The van der Waals surface area contributed by atoms with E-state index in [1.54, 1.807) is 0 Å². The zero-order chi connectivity index (χ0) is 16.7. The molecule has 0 aliphatic heterocycles. The summed E-state index contributed by atoms with van der Waals surface area (Å²) in [4.78, 5) is 23.5. The predicted octanol–water partition coefficient (Wildman–Crippen LogP) is 3.35. The van der Waals surface area contributed by atoms with E-state index in [4.69, 9.17) is 4.74 Å². The summed E-state index contributed by atoms with van der Waals surface area (Å²) in [7, 11) is 0. The van der Waals surface area contributed by atoms with Crippen LogP contribution < -0.4 is 15.4 Å². The fourth-order valence-electron chi connectivity index (χ4n) is 2.73. The number of ether oxygens (including phenoxy) is 1. The molecule has 2 N–H and O–H groups in total. The molecule has 5 heteroatoms. The monoisotopic (exact) mass is 318 g/mol. The molecule has 23 heavy (non-hydrogen) atoms. The molecule has 0 atom stereocenters. The van der Waals surface area contributed by atoms with Crippen molar-refractivity contribution in [2.75, 3.05) is 6.61 Å². The Kier molecular flexibility index (Phi) is 6.44. The first-order valence-electron chi connectivity index (χ1n) is 8.37. The molecular formula is C18H26N2O3. The number of hydrogen-bond donors (Lipinski definition) is 2. The molecule has 5 nitrogen and oxygen atoms in total. The molecule has 0 saturated heterocycles. The molecule has 126 valence electrons. The highest BCUT2D eigenvalue weighted by Gasteiger charge is 2.17. The average molecular weight is 318 g/mol. The SMILES string of the molecule is CC(C)c1ccc(OCC(=O)NC(=O)NC2CCCCC2)cc1. The molecule has 0 bridgehead atoms. The standard InChI is InChI=1S/C18H26N2O3/c1-13(2)14-8-10-16(11-9-14)23-12-17(21)20-18(22)19-15-6-4-3-5-7-15/h8-11,13,15H,3-7,12H2,1-2H3,(H2,19,20,21,22). The Bertz CT molecular complexity index is 520. The number of carbonyl (C=O) groups excluding carboxylic acids is 2. The van der Waals surface area contributed by atoms with Crippen LogP contribution in [0.25, 0.3) is 0 Å². The Morgan fingerprint density at radius 3 is 2.39 bits per heavy atom. The van der Waals surface area contributed by atoms with Crippen LogP contribution in [-0.4, -0.2) is 24.6 Å². The van der Waals surface area contributed by atoms with Gasteiger partial charge in [-0.15, -0.1) is 0 Å². The van der Waals surface area contributed by atoms with Gasteiger partial charge in [-0.1, -0.05) is 45.2 Å². The molecule has 3 amide bonds. The molecule has 0 heterocycles. The normalized spacial score (nSPS) is 15.3. The molecule has 1 aliphatic rings. The number of imide groups is 1. The van der Waals surface area contributed by atoms with Crippen LogP contribution in [0.15, 0.2) is 24.3 Å². The van der Waals surface area contributed by atoms with E-state index < -0.39 is 11.9 Å². The van der Waals surface area contributed by atoms with Gasteiger partial charge in [-0.05, 0) is 36.5 Å². The third-order valence-corrected chi connectivity index (χ3v) is 4.11. The number of benzene rings is 1. The van der Waals surface area contributed by atoms with Crippen LogP contribution in [0.1, 0.15) is 57.4 Å². The second kappa shape index (κ2) is 8.56. The van der Waals surface area contributed by atoms with E-state index in [2.05, 4.69) is 24.5 Å².